The molecule has 0 atom stereocenters. The van der Waals surface area contributed by atoms with Crippen LogP contribution in [0.4, 0.5) is 0 Å². The Labute approximate surface area is 188 Å². The fourth-order valence-electron chi connectivity index (χ4n) is 3.81. The third kappa shape index (κ3) is 3.40. The Bertz CT molecular complexity index is 1580. The van der Waals surface area contributed by atoms with Crippen molar-refractivity contribution in [3.63, 3.8) is 0 Å². The first-order chi connectivity index (χ1) is 15.5. The summed E-state index contributed by atoms with van der Waals surface area (Å²) in [4.78, 5) is 35.0. The van der Waals surface area contributed by atoms with Crippen molar-refractivity contribution in [2.45, 2.75) is 10.8 Å². The van der Waals surface area contributed by atoms with E-state index < -0.39 is 5.69 Å². The summed E-state index contributed by atoms with van der Waals surface area (Å²) < 4.78 is 2.52. The van der Waals surface area contributed by atoms with Crippen molar-refractivity contribution < 1.29 is 0 Å². The lowest BCUT2D eigenvalue weighted by molar-refractivity contribution is 0.703. The van der Waals surface area contributed by atoms with Gasteiger partial charge in [-0.25, -0.2) is 14.8 Å². The van der Waals surface area contributed by atoms with Crippen LogP contribution < -0.4 is 11.2 Å². The van der Waals surface area contributed by atoms with E-state index in [2.05, 4.69) is 29.2 Å². The first kappa shape index (κ1) is 20.2. The van der Waals surface area contributed by atoms with Gasteiger partial charge >= 0.3 is 5.69 Å². The summed E-state index contributed by atoms with van der Waals surface area (Å²) in [6, 6.07) is 24.0. The average Bonchev–Trinajstić information content (AvgIpc) is 2.84. The van der Waals surface area contributed by atoms with Crippen molar-refractivity contribution in [3.05, 3.63) is 99.2 Å². The van der Waals surface area contributed by atoms with Gasteiger partial charge in [-0.1, -0.05) is 72.8 Å². The Morgan fingerprint density at radius 3 is 2.34 bits per heavy atom. The lowest BCUT2D eigenvalue weighted by Crippen LogP contribution is -2.37. The van der Waals surface area contributed by atoms with Gasteiger partial charge in [0.25, 0.3) is 5.56 Å². The molecule has 0 bridgehead atoms. The molecule has 32 heavy (non-hydrogen) atoms. The lowest BCUT2D eigenvalue weighted by atomic mass is 10.1. The summed E-state index contributed by atoms with van der Waals surface area (Å²) in [6.45, 7) is 0. The van der Waals surface area contributed by atoms with Crippen LogP contribution in [-0.4, -0.2) is 19.1 Å². The molecule has 0 aliphatic heterocycles. The van der Waals surface area contributed by atoms with Crippen LogP contribution in [0.2, 0.25) is 0 Å². The smallest absolute Gasteiger partial charge is 0.280 e. The van der Waals surface area contributed by atoms with Crippen LogP contribution >= 0.6 is 11.8 Å². The van der Waals surface area contributed by atoms with Gasteiger partial charge < -0.3 is 0 Å². The van der Waals surface area contributed by atoms with Gasteiger partial charge in [-0.3, -0.25) is 13.9 Å². The highest BCUT2D eigenvalue weighted by Crippen LogP contribution is 2.30. The molecule has 0 saturated carbocycles. The maximum Gasteiger partial charge on any atom is 0.332 e. The summed E-state index contributed by atoms with van der Waals surface area (Å²) in [6.07, 6.45) is 0. The van der Waals surface area contributed by atoms with Crippen LogP contribution in [0.3, 0.4) is 0 Å². The van der Waals surface area contributed by atoms with Crippen molar-refractivity contribution in [2.75, 3.05) is 0 Å². The van der Waals surface area contributed by atoms with E-state index in [-0.39, 0.29) is 5.56 Å². The summed E-state index contributed by atoms with van der Waals surface area (Å²) in [5.74, 6) is 1.12. The van der Waals surface area contributed by atoms with Crippen LogP contribution in [0.1, 0.15) is 5.56 Å². The number of fused-ring (bicyclic) bond motifs is 2. The summed E-state index contributed by atoms with van der Waals surface area (Å²) in [5.41, 5.74) is 1.53. The Morgan fingerprint density at radius 1 is 0.812 bits per heavy atom. The minimum absolute atomic E-state index is 0.340. The van der Waals surface area contributed by atoms with Crippen LogP contribution in [0, 0.1) is 0 Å². The molecule has 0 spiro atoms. The van der Waals surface area contributed by atoms with Gasteiger partial charge in [0.2, 0.25) is 0 Å². The maximum atomic E-state index is 13.0. The molecule has 0 unspecified atom stereocenters. The second-order valence-corrected chi connectivity index (χ2v) is 8.51. The van der Waals surface area contributed by atoms with E-state index in [1.807, 2.05) is 48.5 Å². The number of aromatic nitrogens is 4. The molecular formula is C25H20N4O2S. The van der Waals surface area contributed by atoms with E-state index in [1.165, 1.54) is 34.1 Å². The zero-order chi connectivity index (χ0) is 22.2. The highest BCUT2D eigenvalue weighted by molar-refractivity contribution is 7.98. The molecule has 0 fully saturated rings. The Hall–Kier alpha value is -3.71. The van der Waals surface area contributed by atoms with E-state index in [1.54, 1.807) is 7.05 Å². The number of aryl methyl sites for hydroxylation is 1. The number of benzene rings is 3. The topological polar surface area (TPSA) is 69.8 Å². The van der Waals surface area contributed by atoms with Crippen LogP contribution in [0.5, 0.6) is 0 Å². The Morgan fingerprint density at radius 2 is 1.53 bits per heavy atom. The third-order valence-corrected chi connectivity index (χ3v) is 6.57. The van der Waals surface area contributed by atoms with Gasteiger partial charge in [0, 0.05) is 25.4 Å². The SMILES string of the molecule is Cn1c(=O)c2c(SCc3cccc4ccccc34)nc(-c3ccccc3)nc2n(C)c1=O. The zero-order valence-electron chi connectivity index (χ0n) is 17.6. The second-order valence-electron chi connectivity index (χ2n) is 7.55. The number of thioether (sulfide) groups is 1. The molecule has 158 valence electrons. The molecule has 5 aromatic rings. The van der Waals surface area contributed by atoms with E-state index in [4.69, 9.17) is 4.98 Å². The fourth-order valence-corrected chi connectivity index (χ4v) is 4.83. The largest absolute Gasteiger partial charge is 0.332 e. The van der Waals surface area contributed by atoms with Crippen LogP contribution in [0.25, 0.3) is 33.2 Å². The van der Waals surface area contributed by atoms with Gasteiger partial charge in [-0.15, -0.1) is 11.8 Å². The summed E-state index contributed by atoms with van der Waals surface area (Å²) in [7, 11) is 3.11. The lowest BCUT2D eigenvalue weighted by Gasteiger charge is -2.12. The van der Waals surface area contributed by atoms with Gasteiger partial charge in [-0.2, -0.15) is 0 Å². The van der Waals surface area contributed by atoms with Gasteiger partial charge in [0.1, 0.15) is 10.4 Å². The second kappa shape index (κ2) is 8.09. The molecule has 5 rings (SSSR count). The third-order valence-electron chi connectivity index (χ3n) is 5.54. The molecule has 0 N–H and O–H groups in total. The monoisotopic (exact) mass is 440 g/mol. The highest BCUT2D eigenvalue weighted by Gasteiger charge is 2.18. The molecule has 2 heterocycles. The number of hydrogen-bond acceptors (Lipinski definition) is 5. The van der Waals surface area contributed by atoms with E-state index >= 15 is 0 Å². The van der Waals surface area contributed by atoms with Crippen LogP contribution in [0.15, 0.2) is 87.4 Å². The number of nitrogens with zero attached hydrogens (tertiary/aromatic N) is 4. The quantitative estimate of drug-likeness (QED) is 0.310. The van der Waals surface area contributed by atoms with Crippen molar-refractivity contribution in [2.24, 2.45) is 14.1 Å². The molecule has 0 aliphatic carbocycles. The van der Waals surface area contributed by atoms with E-state index in [0.717, 1.165) is 15.7 Å². The average molecular weight is 441 g/mol. The van der Waals surface area contributed by atoms with Crippen molar-refractivity contribution in [1.82, 2.24) is 19.1 Å². The normalized spacial score (nSPS) is 11.3. The van der Waals surface area contributed by atoms with Crippen LogP contribution in [-0.2, 0) is 19.8 Å². The standard InChI is InChI=1S/C25H20N4O2S/c1-28-22-20(24(30)29(2)25(28)31)23(27-21(26-22)17-10-4-3-5-11-17)32-15-18-13-8-12-16-9-6-7-14-19(16)18/h3-14H,15H2,1-2H3. The Kier molecular flexibility index (Phi) is 5.11. The molecule has 2 aromatic heterocycles. The molecule has 7 heteroatoms. The summed E-state index contributed by atoms with van der Waals surface area (Å²) in [5, 5.41) is 3.27. The number of hydrogen-bond donors (Lipinski definition) is 0. The fraction of sp³-hybridized carbons (Fsp3) is 0.120. The molecule has 0 radical (unpaired) electrons. The maximum absolute atomic E-state index is 13.0. The molecule has 0 aliphatic rings. The summed E-state index contributed by atoms with van der Waals surface area (Å²) >= 11 is 1.48. The predicted octanol–water partition coefficient (Wildman–Crippen LogP) is 4.14. The van der Waals surface area contributed by atoms with Gasteiger partial charge in [-0.05, 0) is 16.3 Å². The zero-order valence-corrected chi connectivity index (χ0v) is 18.5. The molecule has 0 amide bonds. The van der Waals surface area contributed by atoms with Crippen molar-refractivity contribution in [3.8, 4) is 11.4 Å². The molecular weight excluding hydrogens is 420 g/mol. The number of rotatable bonds is 4. The molecule has 3 aromatic carbocycles. The molecule has 0 saturated heterocycles. The first-order valence-electron chi connectivity index (χ1n) is 10.2. The Balaban J connectivity index is 1.70. The van der Waals surface area contributed by atoms with Crippen molar-refractivity contribution in [1.29, 1.82) is 0 Å². The van der Waals surface area contributed by atoms with Gasteiger partial charge in [0.05, 0.1) is 0 Å². The van der Waals surface area contributed by atoms with E-state index in [0.29, 0.717) is 27.6 Å². The van der Waals surface area contributed by atoms with E-state index in [9.17, 15) is 9.59 Å². The predicted molar refractivity (Wildman–Crippen MR) is 129 cm³/mol. The minimum Gasteiger partial charge on any atom is -0.280 e. The highest BCUT2D eigenvalue weighted by atomic mass is 32.2. The minimum atomic E-state index is -0.412. The van der Waals surface area contributed by atoms with Gasteiger partial charge in [0.15, 0.2) is 11.5 Å². The van der Waals surface area contributed by atoms with Crippen molar-refractivity contribution >= 4 is 33.6 Å². The molecule has 6 nitrogen and oxygen atoms in total. The first-order valence-corrected chi connectivity index (χ1v) is 11.2.